The summed E-state index contributed by atoms with van der Waals surface area (Å²) in [6.07, 6.45) is 3.27. The minimum absolute atomic E-state index is 0.243. The maximum atomic E-state index is 13.0. The number of pyridine rings is 1. The van der Waals surface area contributed by atoms with Crippen LogP contribution in [0.2, 0.25) is 0 Å². The lowest BCUT2D eigenvalue weighted by Crippen LogP contribution is -2.16. The van der Waals surface area contributed by atoms with Gasteiger partial charge in [-0.3, -0.25) is 14.0 Å². The van der Waals surface area contributed by atoms with E-state index in [1.807, 2.05) is 22.9 Å². The number of carbonyl (C=O) groups is 2. The number of nitrogens with two attached hydrogens (primary N) is 1. The molecule has 0 unspecified atom stereocenters. The summed E-state index contributed by atoms with van der Waals surface area (Å²) in [6, 6.07) is 10.6. The van der Waals surface area contributed by atoms with Gasteiger partial charge in [0, 0.05) is 22.8 Å². The summed E-state index contributed by atoms with van der Waals surface area (Å²) in [5.41, 5.74) is 10.0. The van der Waals surface area contributed by atoms with Gasteiger partial charge < -0.3 is 16.0 Å². The van der Waals surface area contributed by atoms with E-state index in [2.05, 4.69) is 20.3 Å². The molecule has 0 fully saturated rings. The second kappa shape index (κ2) is 6.57. The Kier molecular flexibility index (Phi) is 3.88. The molecule has 0 aliphatic heterocycles. The smallest absolute Gasteiger partial charge is 0.268 e. The van der Waals surface area contributed by atoms with Crippen molar-refractivity contribution >= 4 is 45.5 Å². The third kappa shape index (κ3) is 2.84. The van der Waals surface area contributed by atoms with Crippen LogP contribution < -0.4 is 11.1 Å². The molecule has 5 rings (SSSR count). The monoisotopic (exact) mass is 402 g/mol. The van der Waals surface area contributed by atoms with Crippen LogP contribution in [0.25, 0.3) is 27.9 Å². The number of hydrogen-bond donors (Lipinski definition) is 3. The lowest BCUT2D eigenvalue weighted by molar-refractivity contribution is 0.0992. The van der Waals surface area contributed by atoms with E-state index in [1.54, 1.807) is 41.2 Å². The molecule has 2 amide bonds. The summed E-state index contributed by atoms with van der Waals surface area (Å²) in [7, 11) is 0. The van der Waals surface area contributed by atoms with Gasteiger partial charge in [-0.15, -0.1) is 0 Å². The minimum atomic E-state index is -0.610. The molecule has 0 saturated carbocycles. The summed E-state index contributed by atoms with van der Waals surface area (Å²) in [5.74, 6) is -0.951. The van der Waals surface area contributed by atoms with Crippen molar-refractivity contribution in [2.75, 3.05) is 5.32 Å². The predicted molar refractivity (Wildman–Crippen MR) is 111 cm³/mol. The third-order valence-corrected chi connectivity index (χ3v) is 5.28. The van der Waals surface area contributed by atoms with Crippen LogP contribution in [0.1, 0.15) is 20.8 Å². The number of anilines is 1. The Labute approximate surface area is 168 Å². The summed E-state index contributed by atoms with van der Waals surface area (Å²) in [6.45, 7) is 0. The highest BCUT2D eigenvalue weighted by atomic mass is 32.1. The number of hydrogen-bond acceptors (Lipinski definition) is 5. The summed E-state index contributed by atoms with van der Waals surface area (Å²) >= 11 is 1.49. The number of aromatic nitrogens is 4. The van der Waals surface area contributed by atoms with E-state index >= 15 is 0 Å². The molecule has 1 aromatic carbocycles. The molecule has 0 saturated heterocycles. The van der Waals surface area contributed by atoms with Gasteiger partial charge in [-0.05, 0) is 41.8 Å². The fourth-order valence-corrected chi connectivity index (χ4v) is 3.93. The molecular weight excluding hydrogens is 388 g/mol. The van der Waals surface area contributed by atoms with Crippen molar-refractivity contribution in [1.82, 2.24) is 19.4 Å². The van der Waals surface area contributed by atoms with Crippen LogP contribution in [0.3, 0.4) is 0 Å². The number of nitrogens with zero attached hydrogens (tertiary/aromatic N) is 3. The first-order valence-electron chi connectivity index (χ1n) is 8.70. The first-order valence-corrected chi connectivity index (χ1v) is 9.64. The van der Waals surface area contributed by atoms with Crippen molar-refractivity contribution in [3.8, 4) is 11.3 Å². The molecule has 0 spiro atoms. The lowest BCUT2D eigenvalue weighted by atomic mass is 10.2. The number of benzene rings is 1. The van der Waals surface area contributed by atoms with Crippen LogP contribution in [-0.2, 0) is 0 Å². The van der Waals surface area contributed by atoms with Crippen LogP contribution in [0.5, 0.6) is 0 Å². The Bertz CT molecular complexity index is 1380. The van der Waals surface area contributed by atoms with E-state index in [4.69, 9.17) is 5.73 Å². The summed E-state index contributed by atoms with van der Waals surface area (Å²) in [5, 5.41) is 6.65. The van der Waals surface area contributed by atoms with Gasteiger partial charge >= 0.3 is 0 Å². The molecule has 9 heteroatoms. The molecule has 0 aliphatic carbocycles. The van der Waals surface area contributed by atoms with Gasteiger partial charge in [0.05, 0.1) is 22.9 Å². The highest BCUT2D eigenvalue weighted by Gasteiger charge is 2.22. The number of H-pyrrole nitrogens is 1. The molecule has 5 aromatic rings. The van der Waals surface area contributed by atoms with Crippen LogP contribution in [0.4, 0.5) is 5.69 Å². The molecule has 0 aliphatic rings. The zero-order valence-corrected chi connectivity index (χ0v) is 15.7. The molecular formula is C20H14N6O2S. The first-order chi connectivity index (χ1) is 14.1. The Hall–Kier alpha value is -3.98. The maximum absolute atomic E-state index is 13.0. The van der Waals surface area contributed by atoms with Crippen molar-refractivity contribution in [2.45, 2.75) is 0 Å². The lowest BCUT2D eigenvalue weighted by Gasteiger charge is -2.07. The van der Waals surface area contributed by atoms with Crippen LogP contribution in [-0.4, -0.2) is 31.2 Å². The Morgan fingerprint density at radius 2 is 2.10 bits per heavy atom. The molecule has 0 atom stereocenters. The van der Waals surface area contributed by atoms with Crippen molar-refractivity contribution in [3.05, 3.63) is 70.9 Å². The highest BCUT2D eigenvalue weighted by molar-refractivity contribution is 7.08. The zero-order chi connectivity index (χ0) is 20.0. The first kappa shape index (κ1) is 17.1. The van der Waals surface area contributed by atoms with Crippen molar-refractivity contribution in [1.29, 1.82) is 0 Å². The van der Waals surface area contributed by atoms with E-state index in [1.165, 1.54) is 11.3 Å². The number of imidazole rings is 2. The molecule has 0 bridgehead atoms. The van der Waals surface area contributed by atoms with Gasteiger partial charge in [-0.2, -0.15) is 11.3 Å². The van der Waals surface area contributed by atoms with E-state index in [9.17, 15) is 9.59 Å². The van der Waals surface area contributed by atoms with Crippen LogP contribution in [0, 0.1) is 0 Å². The van der Waals surface area contributed by atoms with Crippen molar-refractivity contribution in [3.63, 3.8) is 0 Å². The number of rotatable bonds is 4. The van der Waals surface area contributed by atoms with Gasteiger partial charge in [-0.1, -0.05) is 0 Å². The average Bonchev–Trinajstić information content (AvgIpc) is 3.44. The molecule has 142 valence electrons. The fourth-order valence-electron chi connectivity index (χ4n) is 3.29. The normalized spacial score (nSPS) is 11.2. The van der Waals surface area contributed by atoms with E-state index in [0.717, 1.165) is 16.6 Å². The van der Waals surface area contributed by atoms with Gasteiger partial charge in [0.2, 0.25) is 0 Å². The quantitative estimate of drug-likeness (QED) is 0.427. The number of thiophene rings is 1. The topological polar surface area (TPSA) is 118 Å². The number of aromatic amines is 1. The van der Waals surface area contributed by atoms with Crippen LogP contribution in [0.15, 0.2) is 59.7 Å². The standard InChI is InChI=1S/C20H14N6O2S/c21-18(27)17-16(11-5-7-29-9-11)25-19-13(2-1-6-26(17)19)20(28)24-12-3-4-14-15(8-12)23-10-22-14/h1-10H,(H2,21,27)(H,22,23)(H,24,28). The number of fused-ring (bicyclic) bond motifs is 2. The molecule has 29 heavy (non-hydrogen) atoms. The predicted octanol–water partition coefficient (Wildman–Crippen LogP) is 3.29. The molecule has 8 nitrogen and oxygen atoms in total. The fraction of sp³-hybridized carbons (Fsp3) is 0. The largest absolute Gasteiger partial charge is 0.364 e. The number of primary amides is 1. The van der Waals surface area contributed by atoms with Gasteiger partial charge in [0.25, 0.3) is 11.8 Å². The molecule has 0 radical (unpaired) electrons. The summed E-state index contributed by atoms with van der Waals surface area (Å²) < 4.78 is 1.56. The highest BCUT2D eigenvalue weighted by Crippen LogP contribution is 2.28. The second-order valence-corrected chi connectivity index (χ2v) is 7.17. The van der Waals surface area contributed by atoms with Gasteiger partial charge in [0.1, 0.15) is 11.4 Å². The second-order valence-electron chi connectivity index (χ2n) is 6.39. The summed E-state index contributed by atoms with van der Waals surface area (Å²) in [4.78, 5) is 36.8. The third-order valence-electron chi connectivity index (χ3n) is 4.60. The maximum Gasteiger partial charge on any atom is 0.268 e. The average molecular weight is 402 g/mol. The van der Waals surface area contributed by atoms with E-state index < -0.39 is 5.91 Å². The zero-order valence-electron chi connectivity index (χ0n) is 14.9. The molecule has 4 aromatic heterocycles. The Morgan fingerprint density at radius 3 is 2.90 bits per heavy atom. The van der Waals surface area contributed by atoms with Crippen molar-refractivity contribution in [2.24, 2.45) is 5.73 Å². The van der Waals surface area contributed by atoms with Gasteiger partial charge in [0.15, 0.2) is 5.65 Å². The van der Waals surface area contributed by atoms with Crippen LogP contribution >= 0.6 is 11.3 Å². The number of amides is 2. The Balaban J connectivity index is 1.60. The SMILES string of the molecule is NC(=O)c1c(-c2ccsc2)nc2c(C(=O)Nc3ccc4nc[nH]c4c3)cccn12. The molecule has 4 N–H and O–H groups in total. The minimum Gasteiger partial charge on any atom is -0.364 e. The van der Waals surface area contributed by atoms with Crippen molar-refractivity contribution < 1.29 is 9.59 Å². The number of carbonyl (C=O) groups excluding carboxylic acids is 2. The van der Waals surface area contributed by atoms with E-state index in [0.29, 0.717) is 22.6 Å². The van der Waals surface area contributed by atoms with E-state index in [-0.39, 0.29) is 11.6 Å². The van der Waals surface area contributed by atoms with Gasteiger partial charge in [-0.25, -0.2) is 9.97 Å². The Morgan fingerprint density at radius 1 is 1.21 bits per heavy atom. The molecule has 4 heterocycles. The number of nitrogens with one attached hydrogen (secondary N) is 2.